The van der Waals surface area contributed by atoms with Crippen LogP contribution in [0.25, 0.3) is 50.0 Å². The van der Waals surface area contributed by atoms with Crippen molar-refractivity contribution < 1.29 is 0 Å². The van der Waals surface area contributed by atoms with Gasteiger partial charge in [-0.05, 0) is 34.4 Å². The highest BCUT2D eigenvalue weighted by Gasteiger charge is 2.40. The van der Waals surface area contributed by atoms with Crippen LogP contribution in [0.3, 0.4) is 0 Å². The molecular formula is C32H20BN. The molecule has 0 spiro atoms. The van der Waals surface area contributed by atoms with Crippen molar-refractivity contribution in [1.82, 2.24) is 4.57 Å². The van der Waals surface area contributed by atoms with E-state index in [1.807, 2.05) is 0 Å². The van der Waals surface area contributed by atoms with Crippen LogP contribution in [0, 0.1) is 0 Å². The number of aromatic nitrogens is 1. The second kappa shape index (κ2) is 6.62. The van der Waals surface area contributed by atoms with Gasteiger partial charge in [-0.1, -0.05) is 120 Å². The lowest BCUT2D eigenvalue weighted by atomic mass is 9.39. The van der Waals surface area contributed by atoms with Gasteiger partial charge in [-0.25, -0.2) is 0 Å². The van der Waals surface area contributed by atoms with Gasteiger partial charge in [0.25, 0.3) is 6.71 Å². The molecule has 1 aromatic heterocycles. The molecule has 0 aliphatic carbocycles. The van der Waals surface area contributed by atoms with Crippen molar-refractivity contribution in [3.63, 3.8) is 0 Å². The molecule has 0 fully saturated rings. The molecule has 2 aliphatic rings. The number of hydrogen-bond acceptors (Lipinski definition) is 0. The molecule has 0 amide bonds. The summed E-state index contributed by atoms with van der Waals surface area (Å²) < 4.78 is 2.55. The molecule has 0 radical (unpaired) electrons. The van der Waals surface area contributed by atoms with Crippen molar-refractivity contribution in [3.05, 3.63) is 121 Å². The zero-order valence-corrected chi connectivity index (χ0v) is 18.6. The standard InChI is InChI=1S/C32H20BN/c1-2-12-22-21(11-1)23-13-3-7-17-27(23)33-28-18-8-4-15-25(28)31-26-16-6-10-20-30(26)34(32(31)33)29-19-9-5-14-24(22)29/h1-20H. The van der Waals surface area contributed by atoms with Crippen molar-refractivity contribution >= 4 is 34.1 Å². The normalized spacial score (nSPS) is 12.6. The number of para-hydroxylation sites is 2. The van der Waals surface area contributed by atoms with E-state index in [1.165, 1.54) is 66.5 Å². The zero-order chi connectivity index (χ0) is 22.2. The molecule has 0 bridgehead atoms. The average Bonchev–Trinajstić information content (AvgIpc) is 3.42. The van der Waals surface area contributed by atoms with Crippen molar-refractivity contribution in [2.45, 2.75) is 0 Å². The first kappa shape index (κ1) is 18.2. The quantitative estimate of drug-likeness (QED) is 0.270. The molecule has 5 aromatic carbocycles. The van der Waals surface area contributed by atoms with E-state index in [-0.39, 0.29) is 6.71 Å². The van der Waals surface area contributed by atoms with Crippen LogP contribution in [0.2, 0.25) is 0 Å². The first-order valence-electron chi connectivity index (χ1n) is 11.9. The Morgan fingerprint density at radius 1 is 0.441 bits per heavy atom. The summed E-state index contributed by atoms with van der Waals surface area (Å²) in [5, 5.41) is 1.33. The van der Waals surface area contributed by atoms with Gasteiger partial charge in [-0.2, -0.15) is 0 Å². The van der Waals surface area contributed by atoms with Crippen LogP contribution in [0.4, 0.5) is 0 Å². The fraction of sp³-hybridized carbons (Fsp3) is 0. The second-order valence-electron chi connectivity index (χ2n) is 9.28. The fourth-order valence-corrected chi connectivity index (χ4v) is 6.36. The predicted molar refractivity (Wildman–Crippen MR) is 144 cm³/mol. The Kier molecular flexibility index (Phi) is 3.54. The molecule has 6 aromatic rings. The van der Waals surface area contributed by atoms with Gasteiger partial charge >= 0.3 is 0 Å². The van der Waals surface area contributed by atoms with Gasteiger partial charge in [0, 0.05) is 22.1 Å². The third kappa shape index (κ3) is 2.20. The summed E-state index contributed by atoms with van der Waals surface area (Å²) in [6, 6.07) is 44.7. The summed E-state index contributed by atoms with van der Waals surface area (Å²) in [4.78, 5) is 0. The van der Waals surface area contributed by atoms with Crippen molar-refractivity contribution in [2.24, 2.45) is 0 Å². The van der Waals surface area contributed by atoms with Crippen molar-refractivity contribution in [1.29, 1.82) is 0 Å². The number of fused-ring (bicyclic) bond motifs is 13. The maximum atomic E-state index is 2.55. The van der Waals surface area contributed by atoms with Gasteiger partial charge in [0.05, 0.1) is 11.2 Å². The summed E-state index contributed by atoms with van der Waals surface area (Å²) in [5.41, 5.74) is 14.6. The fourth-order valence-electron chi connectivity index (χ4n) is 6.36. The number of rotatable bonds is 0. The van der Waals surface area contributed by atoms with E-state index in [9.17, 15) is 0 Å². The van der Waals surface area contributed by atoms with E-state index in [0.717, 1.165) is 0 Å². The molecule has 34 heavy (non-hydrogen) atoms. The third-order valence-electron chi connectivity index (χ3n) is 7.65. The van der Waals surface area contributed by atoms with Gasteiger partial charge in [0.15, 0.2) is 0 Å². The Morgan fingerprint density at radius 3 is 1.76 bits per heavy atom. The topological polar surface area (TPSA) is 4.93 Å². The molecule has 3 heterocycles. The van der Waals surface area contributed by atoms with Gasteiger partial charge < -0.3 is 4.57 Å². The van der Waals surface area contributed by atoms with Crippen LogP contribution in [0.15, 0.2) is 121 Å². The van der Waals surface area contributed by atoms with Gasteiger partial charge in [0.2, 0.25) is 0 Å². The lowest BCUT2D eigenvalue weighted by Crippen LogP contribution is -2.52. The lowest BCUT2D eigenvalue weighted by molar-refractivity contribution is 1.17. The highest BCUT2D eigenvalue weighted by molar-refractivity contribution is 6.99. The SMILES string of the molecule is c1ccc2c(c1)B1c3ccccc3-c3c1n(c1ccccc31)-c1ccccc1-c1ccccc1-2. The summed E-state index contributed by atoms with van der Waals surface area (Å²) in [6.45, 7) is 0.175. The van der Waals surface area contributed by atoms with Crippen LogP contribution in [-0.4, -0.2) is 11.3 Å². The average molecular weight is 429 g/mol. The minimum absolute atomic E-state index is 0.175. The largest absolute Gasteiger partial charge is 0.320 e. The van der Waals surface area contributed by atoms with Crippen LogP contribution in [-0.2, 0) is 0 Å². The van der Waals surface area contributed by atoms with Crippen LogP contribution in [0.5, 0.6) is 0 Å². The third-order valence-corrected chi connectivity index (χ3v) is 7.65. The summed E-state index contributed by atoms with van der Waals surface area (Å²) in [7, 11) is 0. The first-order chi connectivity index (χ1) is 16.9. The zero-order valence-electron chi connectivity index (χ0n) is 18.6. The number of nitrogens with zero attached hydrogens (tertiary/aromatic N) is 1. The Labute approximate surface area is 199 Å². The van der Waals surface area contributed by atoms with Crippen molar-refractivity contribution in [3.8, 4) is 39.1 Å². The van der Waals surface area contributed by atoms with Crippen LogP contribution < -0.4 is 16.5 Å². The molecule has 0 saturated carbocycles. The highest BCUT2D eigenvalue weighted by Crippen LogP contribution is 2.41. The Hall–Kier alpha value is -4.30. The highest BCUT2D eigenvalue weighted by atomic mass is 15.0. The van der Waals surface area contributed by atoms with Gasteiger partial charge in [-0.3, -0.25) is 0 Å². The Balaban J connectivity index is 1.67. The monoisotopic (exact) mass is 429 g/mol. The van der Waals surface area contributed by atoms with Gasteiger partial charge in [0.1, 0.15) is 0 Å². The van der Waals surface area contributed by atoms with E-state index in [4.69, 9.17) is 0 Å². The molecule has 0 N–H and O–H groups in total. The number of hydrogen-bond donors (Lipinski definition) is 0. The van der Waals surface area contributed by atoms with Crippen molar-refractivity contribution in [2.75, 3.05) is 0 Å². The smallest absolute Gasteiger partial charge is 0.265 e. The van der Waals surface area contributed by atoms with Crippen LogP contribution in [0.1, 0.15) is 0 Å². The first-order valence-corrected chi connectivity index (χ1v) is 11.9. The van der Waals surface area contributed by atoms with E-state index in [2.05, 4.69) is 126 Å². The molecule has 2 heteroatoms. The summed E-state index contributed by atoms with van der Waals surface area (Å²) >= 11 is 0. The second-order valence-corrected chi connectivity index (χ2v) is 9.28. The van der Waals surface area contributed by atoms with E-state index < -0.39 is 0 Å². The maximum absolute atomic E-state index is 2.55. The minimum atomic E-state index is 0.175. The molecule has 0 atom stereocenters. The lowest BCUT2D eigenvalue weighted by Gasteiger charge is -2.18. The molecule has 0 unspecified atom stereocenters. The van der Waals surface area contributed by atoms with E-state index in [1.54, 1.807) is 0 Å². The Morgan fingerprint density at radius 2 is 0.971 bits per heavy atom. The molecule has 1 nitrogen and oxygen atoms in total. The Bertz CT molecular complexity index is 1770. The predicted octanol–water partition coefficient (Wildman–Crippen LogP) is 5.77. The molecule has 8 rings (SSSR count). The van der Waals surface area contributed by atoms with Gasteiger partial charge in [-0.15, -0.1) is 0 Å². The molecule has 0 saturated heterocycles. The minimum Gasteiger partial charge on any atom is -0.320 e. The van der Waals surface area contributed by atoms with E-state index >= 15 is 0 Å². The summed E-state index contributed by atoms with van der Waals surface area (Å²) in [6.07, 6.45) is 0. The maximum Gasteiger partial charge on any atom is 0.265 e. The molecular weight excluding hydrogens is 409 g/mol. The molecule has 156 valence electrons. The molecule has 2 aliphatic heterocycles. The summed E-state index contributed by atoms with van der Waals surface area (Å²) in [5.74, 6) is 0. The van der Waals surface area contributed by atoms with E-state index in [0.29, 0.717) is 0 Å². The number of benzene rings is 5. The van der Waals surface area contributed by atoms with Crippen LogP contribution >= 0.6 is 0 Å².